The Bertz CT molecular complexity index is 4820. The second kappa shape index (κ2) is 49.9. The molecule has 6 heterocycles. The third-order valence-electron chi connectivity index (χ3n) is 23.6. The van der Waals surface area contributed by atoms with Gasteiger partial charge >= 0.3 is 11.9 Å². The molecule has 714 valence electrons. The molecular weight excluding hydrogens is 1720 g/mol. The first-order valence-electron chi connectivity index (χ1n) is 43.9. The number of aliphatic hydroxyl groups is 1. The fraction of sp³-hybridized carbons (Fsp3) is 0.545. The molecule has 4 aliphatic rings. The number of nitrogens with zero attached hydrogens (tertiary/aromatic N) is 6. The SMILES string of the molecule is C=C1C=CC(C)NC=C1C[C@@H]1NC(=O)[C@@H]2C[C@@H](O)CN2C(=O)[C@H](CCC(=O)O)NC(=O)[C@H](Cc2cnc[nH]2)NC(=O)[C@@H]2CCCN2C(=O)[C@H](CC(=O)O)NC(=O)[C@H](C)N(C)C(=O)[C@H](Cc2ccc(O)cc2)NC(=O)CSC[C@@H](C(=O)NCC(N)=O)NC(=O)[C@H](C)NC(=O)[C@H](CCCC)N(C)C[C@H](CCCC)N(C)C(=O)[C@H](Cc2c[nH]c3ccccc23)NC(=O)[C@H](CCN)NC1=O. The van der Waals surface area contributed by atoms with Gasteiger partial charge in [-0.05, 0) is 113 Å². The highest BCUT2D eigenvalue weighted by molar-refractivity contribution is 8.00. The Kier molecular flexibility index (Phi) is 39.4. The summed E-state index contributed by atoms with van der Waals surface area (Å²) in [5.41, 5.74) is 14.4. The number of carboxylic acids is 2. The summed E-state index contributed by atoms with van der Waals surface area (Å²) < 4.78 is 0. The molecule has 15 amide bonds. The first-order valence-corrected chi connectivity index (χ1v) is 45.1. The molecule has 0 bridgehead atoms. The number of aromatic hydroxyl groups is 1. The molecule has 3 fully saturated rings. The molecule has 8 rings (SSSR count). The summed E-state index contributed by atoms with van der Waals surface area (Å²) in [7, 11) is 4.44. The summed E-state index contributed by atoms with van der Waals surface area (Å²) in [6.07, 6.45) is 6.61. The molecule has 16 atom stereocenters. The van der Waals surface area contributed by atoms with Crippen molar-refractivity contribution in [1.82, 2.24) is 97.9 Å². The zero-order valence-electron chi connectivity index (χ0n) is 75.0. The molecule has 0 radical (unpaired) electrons. The highest BCUT2D eigenvalue weighted by Gasteiger charge is 2.46. The number of nitrogens with one attached hydrogen (secondary N) is 13. The van der Waals surface area contributed by atoms with E-state index in [1.54, 1.807) is 49.6 Å². The van der Waals surface area contributed by atoms with Gasteiger partial charge < -0.3 is 120 Å². The number of carboxylic acid groups (broad SMARTS) is 2. The number of aromatic nitrogens is 3. The van der Waals surface area contributed by atoms with Gasteiger partial charge in [0.2, 0.25) is 88.6 Å². The molecule has 0 saturated carbocycles. The van der Waals surface area contributed by atoms with E-state index in [-0.39, 0.29) is 87.8 Å². The van der Waals surface area contributed by atoms with Gasteiger partial charge in [-0.25, -0.2) is 4.98 Å². The van der Waals surface area contributed by atoms with Crippen LogP contribution in [0, 0.1) is 0 Å². The van der Waals surface area contributed by atoms with E-state index in [9.17, 15) is 78.0 Å². The monoisotopic (exact) mass is 1840 g/mol. The minimum atomic E-state index is -1.93. The number of hydrogen-bond acceptors (Lipinski definition) is 24. The Labute approximate surface area is 762 Å². The molecule has 1 unspecified atom stereocenters. The number of para-hydroxylation sites is 1. The quantitative estimate of drug-likeness (QED) is 0.0352. The first-order chi connectivity index (χ1) is 62.3. The summed E-state index contributed by atoms with van der Waals surface area (Å²) in [4.78, 5) is 261. The van der Waals surface area contributed by atoms with Gasteiger partial charge in [-0.1, -0.05) is 88.6 Å². The number of carbonyl (C=O) groups excluding carboxylic acids is 15. The van der Waals surface area contributed by atoms with Crippen molar-refractivity contribution in [2.75, 3.05) is 65.4 Å². The number of carbonyl (C=O) groups is 17. The summed E-state index contributed by atoms with van der Waals surface area (Å²) >= 11 is 0.799. The zero-order chi connectivity index (χ0) is 96.0. The highest BCUT2D eigenvalue weighted by Crippen LogP contribution is 2.28. The average molecular weight is 1850 g/mol. The molecule has 42 nitrogen and oxygen atoms in total. The maximum Gasteiger partial charge on any atom is 0.305 e. The molecule has 2 aromatic heterocycles. The number of H-pyrrole nitrogens is 2. The number of primary amides is 1. The van der Waals surface area contributed by atoms with Crippen molar-refractivity contribution < 1.29 is 102 Å². The third kappa shape index (κ3) is 30.1. The molecular formula is C88H125N21O21S. The first kappa shape index (κ1) is 104. The van der Waals surface area contributed by atoms with Crippen molar-refractivity contribution in [3.8, 4) is 5.75 Å². The van der Waals surface area contributed by atoms with Gasteiger partial charge in [0.15, 0.2) is 0 Å². The number of aliphatic carboxylic acids is 2. The van der Waals surface area contributed by atoms with Crippen LogP contribution in [0.2, 0.25) is 0 Å². The number of phenolic OH excluding ortho intramolecular Hbond substituents is 1. The minimum Gasteiger partial charge on any atom is -0.508 e. The molecule has 3 saturated heterocycles. The van der Waals surface area contributed by atoms with Crippen LogP contribution in [0.5, 0.6) is 5.75 Å². The predicted molar refractivity (Wildman–Crippen MR) is 480 cm³/mol. The second-order valence-corrected chi connectivity index (χ2v) is 34.6. The van der Waals surface area contributed by atoms with Crippen molar-refractivity contribution in [2.45, 2.75) is 241 Å². The number of amides is 15. The number of fused-ring (bicyclic) bond motifs is 3. The third-order valence-corrected chi connectivity index (χ3v) is 24.6. The lowest BCUT2D eigenvalue weighted by Crippen LogP contribution is -2.61. The largest absolute Gasteiger partial charge is 0.508 e. The molecule has 131 heavy (non-hydrogen) atoms. The molecule has 21 N–H and O–H groups in total. The van der Waals surface area contributed by atoms with E-state index in [1.807, 2.05) is 39.0 Å². The standard InChI is InChI=1S/C88H125N21O21S/c1-10-12-17-56-43-105(7)69(20-13-11-2)82(124)96-50(5)76(118)104-68(78(120)94-42-72(90)112)45-131-46-73(113)97-65(33-52-24-26-57(110)27-25-52)85(127)106(8)51(6)77(119)102-67(38-75(116)117)88(130)108-32-16-21-70(108)83(125)101-64(36-55-41-91-47-95-55)81(123)99-62(28-29-74(114)115)87(129)109-44-58(111)37-71(109)84(126)100-63(34-53-39-92-49(4)23-22-48(53)3)80(122)98-61(30-31-89)79(121)103-66(86(128)107(56)9)35-54-40-93-60-19-15-14-18-59(54)60/h14-15,18-19,22-27,39-41,47,49-51,56,58,61-71,92-93,110-111H,3,10-13,16-17,20-21,28-38,42-46,89H2,1-2,4-9H3,(H2,90,112)(H,91,95)(H,94,120)(H,96,124)(H,97,113)(H,98,122)(H,99,123)(H,100,126)(H,101,125)(H,102,119)(H,103,121)(H,104,118)(H,114,115)(H,116,117)/t49?,50-,51-,56-,58+,61-,62-,63-,64-,65-,66-,67-,68-,69-,70-,71-/m0/s1. The Morgan fingerprint density at radius 3 is 1.92 bits per heavy atom. The van der Waals surface area contributed by atoms with Gasteiger partial charge in [0.25, 0.3) is 0 Å². The number of allylic oxidation sites excluding steroid dienone is 2. The number of unbranched alkanes of at least 4 members (excludes halogenated alkanes) is 2. The van der Waals surface area contributed by atoms with Crippen molar-refractivity contribution in [3.63, 3.8) is 0 Å². The lowest BCUT2D eigenvalue weighted by molar-refractivity contribution is -0.147. The Morgan fingerprint density at radius 2 is 1.25 bits per heavy atom. The van der Waals surface area contributed by atoms with Crippen LogP contribution in [0.25, 0.3) is 10.9 Å². The van der Waals surface area contributed by atoms with Crippen molar-refractivity contribution >= 4 is 123 Å². The number of phenols is 1. The number of hydrogen-bond donors (Lipinski definition) is 19. The van der Waals surface area contributed by atoms with E-state index < -0.39 is 242 Å². The van der Waals surface area contributed by atoms with E-state index >= 15 is 24.0 Å². The minimum absolute atomic E-state index is 0.0529. The number of thioether (sulfide) groups is 1. The topological polar surface area (TPSA) is 616 Å². The van der Waals surface area contributed by atoms with Crippen molar-refractivity contribution in [3.05, 3.63) is 120 Å². The van der Waals surface area contributed by atoms with E-state index in [4.69, 9.17) is 11.5 Å². The number of nitrogens with two attached hydrogens (primary N) is 2. The van der Waals surface area contributed by atoms with Crippen LogP contribution in [-0.4, -0.2) is 323 Å². The van der Waals surface area contributed by atoms with Gasteiger partial charge in [0.05, 0.1) is 37.2 Å². The molecule has 0 spiro atoms. The number of aromatic amines is 2. The maximum absolute atomic E-state index is 15.7. The molecule has 0 aliphatic carbocycles. The maximum atomic E-state index is 15.7. The summed E-state index contributed by atoms with van der Waals surface area (Å²) in [5, 5.41) is 72.2. The normalized spacial score (nSPS) is 26.4. The number of rotatable bonds is 24. The molecule has 4 aliphatic heterocycles. The van der Waals surface area contributed by atoms with Crippen LogP contribution >= 0.6 is 11.8 Å². The van der Waals surface area contributed by atoms with Crippen LogP contribution in [0.4, 0.5) is 0 Å². The smallest absolute Gasteiger partial charge is 0.305 e. The fourth-order valence-electron chi connectivity index (χ4n) is 15.9. The van der Waals surface area contributed by atoms with E-state index in [1.165, 1.54) is 62.6 Å². The summed E-state index contributed by atoms with van der Waals surface area (Å²) in [6, 6.07) is -8.14. The molecule has 2 aromatic carbocycles. The van der Waals surface area contributed by atoms with Gasteiger partial charge in [-0.2, -0.15) is 0 Å². The lowest BCUT2D eigenvalue weighted by atomic mass is 9.98. The Balaban J connectivity index is 1.18. The van der Waals surface area contributed by atoms with Crippen LogP contribution in [0.1, 0.15) is 141 Å². The fourth-order valence-corrected chi connectivity index (χ4v) is 16.8. The van der Waals surface area contributed by atoms with E-state index in [0.29, 0.717) is 59.9 Å². The number of likely N-dealkylation sites (N-methyl/N-ethyl adjacent to an activating group) is 3. The second-order valence-electron chi connectivity index (χ2n) is 33.6. The van der Waals surface area contributed by atoms with E-state index in [0.717, 1.165) is 31.8 Å². The molecule has 4 aromatic rings. The summed E-state index contributed by atoms with van der Waals surface area (Å²) in [6.45, 7) is 10.9. The van der Waals surface area contributed by atoms with Crippen molar-refractivity contribution in [2.24, 2.45) is 11.5 Å². The zero-order valence-corrected chi connectivity index (χ0v) is 75.8. The Morgan fingerprint density at radius 1 is 0.626 bits per heavy atom. The molecule has 43 heteroatoms. The van der Waals surface area contributed by atoms with Crippen LogP contribution in [-0.2, 0) is 101 Å². The van der Waals surface area contributed by atoms with Crippen molar-refractivity contribution in [1.29, 1.82) is 0 Å². The van der Waals surface area contributed by atoms with E-state index in [2.05, 4.69) is 80.0 Å². The van der Waals surface area contributed by atoms with Crippen LogP contribution in [0.3, 0.4) is 0 Å². The number of benzene rings is 2. The predicted octanol–water partition coefficient (Wildman–Crippen LogP) is -2.27. The van der Waals surface area contributed by atoms with Gasteiger partial charge in [-0.15, -0.1) is 11.8 Å². The van der Waals surface area contributed by atoms with Gasteiger partial charge in [-0.3, -0.25) is 86.4 Å². The Hall–Kier alpha value is -12.8. The van der Waals surface area contributed by atoms with Crippen LogP contribution in [0.15, 0.2) is 103 Å². The lowest BCUT2D eigenvalue weighted by Gasteiger charge is -2.37. The number of imidazole rings is 1. The summed E-state index contributed by atoms with van der Waals surface area (Å²) in [5.74, 6) is -18.0. The van der Waals surface area contributed by atoms with Gasteiger partial charge in [0.1, 0.15) is 78.3 Å². The van der Waals surface area contributed by atoms with Crippen LogP contribution < -0.4 is 70.0 Å². The highest BCUT2D eigenvalue weighted by atomic mass is 32.2. The number of aliphatic hydroxyl groups excluding tert-OH is 1. The average Bonchev–Trinajstić information content (AvgIpc) is 1.71. The van der Waals surface area contributed by atoms with Gasteiger partial charge in [0, 0.05) is 125 Å².